The maximum absolute atomic E-state index is 12.3. The Balaban J connectivity index is 1.84. The second-order valence-electron chi connectivity index (χ2n) is 6.15. The largest absolute Gasteiger partial charge is 0.497 e. The lowest BCUT2D eigenvalue weighted by Crippen LogP contribution is -2.24. The number of allylic oxidation sites excluding steroid dienone is 2. The van der Waals surface area contributed by atoms with Crippen LogP contribution in [0, 0.1) is 11.3 Å². The van der Waals surface area contributed by atoms with E-state index in [1.165, 1.54) is 7.11 Å². The number of rotatable bonds is 6. The van der Waals surface area contributed by atoms with Crippen LogP contribution in [0.15, 0.2) is 63.6 Å². The van der Waals surface area contributed by atoms with Crippen molar-refractivity contribution in [1.29, 1.82) is 5.26 Å². The molecular weight excluding hydrogens is 376 g/mol. The fraction of sp³-hybridized carbons (Fsp3) is 0.238. The standard InChI is InChI=1S/C21H20N2O6/c1-12-18(21(24)26-3)19(16(10-22)20(23)28-12)17-9-8-15(29-17)11-27-14-6-4-13(25-2)5-7-14/h4-9,19H,11,23H2,1-3H3. The molecule has 0 saturated heterocycles. The van der Waals surface area contributed by atoms with Gasteiger partial charge >= 0.3 is 5.97 Å². The molecule has 0 amide bonds. The first-order valence-corrected chi connectivity index (χ1v) is 8.70. The van der Waals surface area contributed by atoms with Crippen LogP contribution in [0.5, 0.6) is 11.5 Å². The van der Waals surface area contributed by atoms with Crippen LogP contribution >= 0.6 is 0 Å². The lowest BCUT2D eigenvalue weighted by Gasteiger charge is -2.24. The second kappa shape index (κ2) is 8.44. The molecule has 8 heteroatoms. The molecule has 0 bridgehead atoms. The average Bonchev–Trinajstić information content (AvgIpc) is 3.20. The van der Waals surface area contributed by atoms with Crippen molar-refractivity contribution in [3.63, 3.8) is 0 Å². The van der Waals surface area contributed by atoms with Crippen LogP contribution in [0.1, 0.15) is 24.4 Å². The third-order valence-electron chi connectivity index (χ3n) is 4.42. The Kier molecular flexibility index (Phi) is 5.79. The zero-order chi connectivity index (χ0) is 21.0. The number of nitriles is 1. The average molecular weight is 396 g/mol. The first kappa shape index (κ1) is 19.9. The van der Waals surface area contributed by atoms with Gasteiger partial charge in [-0.15, -0.1) is 0 Å². The molecule has 0 aliphatic carbocycles. The van der Waals surface area contributed by atoms with E-state index in [4.69, 9.17) is 29.1 Å². The molecule has 1 aliphatic rings. The van der Waals surface area contributed by atoms with Crippen molar-refractivity contribution in [1.82, 2.24) is 0 Å². The molecule has 1 aromatic heterocycles. The monoisotopic (exact) mass is 396 g/mol. The summed E-state index contributed by atoms with van der Waals surface area (Å²) in [5.41, 5.74) is 6.09. The smallest absolute Gasteiger partial charge is 0.338 e. The Hall–Kier alpha value is -3.86. The Morgan fingerprint density at radius 3 is 2.48 bits per heavy atom. The van der Waals surface area contributed by atoms with E-state index in [-0.39, 0.29) is 29.4 Å². The zero-order valence-electron chi connectivity index (χ0n) is 16.2. The van der Waals surface area contributed by atoms with E-state index in [2.05, 4.69) is 0 Å². The highest BCUT2D eigenvalue weighted by Crippen LogP contribution is 2.40. The van der Waals surface area contributed by atoms with E-state index in [0.29, 0.717) is 17.3 Å². The number of hydrogen-bond donors (Lipinski definition) is 1. The van der Waals surface area contributed by atoms with E-state index < -0.39 is 11.9 Å². The molecule has 2 aromatic rings. The molecule has 29 heavy (non-hydrogen) atoms. The van der Waals surface area contributed by atoms with Gasteiger partial charge in [0.15, 0.2) is 0 Å². The molecule has 0 fully saturated rings. The number of ether oxygens (including phenoxy) is 4. The number of nitrogens with two attached hydrogens (primary N) is 1. The maximum Gasteiger partial charge on any atom is 0.338 e. The number of hydrogen-bond acceptors (Lipinski definition) is 8. The van der Waals surface area contributed by atoms with Gasteiger partial charge in [-0.3, -0.25) is 0 Å². The minimum atomic E-state index is -0.823. The number of nitrogens with zero attached hydrogens (tertiary/aromatic N) is 1. The fourth-order valence-electron chi connectivity index (χ4n) is 2.99. The summed E-state index contributed by atoms with van der Waals surface area (Å²) in [5.74, 6) is 0.976. The molecule has 8 nitrogen and oxygen atoms in total. The minimum Gasteiger partial charge on any atom is -0.497 e. The van der Waals surface area contributed by atoms with E-state index in [9.17, 15) is 10.1 Å². The predicted octanol–water partition coefficient (Wildman–Crippen LogP) is 3.12. The maximum atomic E-state index is 12.3. The highest BCUT2D eigenvalue weighted by Gasteiger charge is 2.38. The third-order valence-corrected chi connectivity index (χ3v) is 4.42. The number of methoxy groups -OCH3 is 2. The highest BCUT2D eigenvalue weighted by atomic mass is 16.5. The van der Waals surface area contributed by atoms with Gasteiger partial charge in [-0.25, -0.2) is 4.79 Å². The number of furan rings is 1. The summed E-state index contributed by atoms with van der Waals surface area (Å²) in [6.45, 7) is 1.74. The van der Waals surface area contributed by atoms with Gasteiger partial charge < -0.3 is 29.1 Å². The van der Waals surface area contributed by atoms with Crippen LogP contribution in [0.25, 0.3) is 0 Å². The summed E-state index contributed by atoms with van der Waals surface area (Å²) in [7, 11) is 2.84. The molecule has 1 unspecified atom stereocenters. The van der Waals surface area contributed by atoms with Crippen molar-refractivity contribution in [2.45, 2.75) is 19.4 Å². The van der Waals surface area contributed by atoms with E-state index >= 15 is 0 Å². The van der Waals surface area contributed by atoms with Crippen LogP contribution < -0.4 is 15.2 Å². The van der Waals surface area contributed by atoms with Gasteiger partial charge in [-0.05, 0) is 43.3 Å². The summed E-state index contributed by atoms with van der Waals surface area (Å²) in [6.07, 6.45) is 0. The van der Waals surface area contributed by atoms with Gasteiger partial charge in [0.1, 0.15) is 47.0 Å². The predicted molar refractivity (Wildman–Crippen MR) is 101 cm³/mol. The quantitative estimate of drug-likeness (QED) is 0.740. The third kappa shape index (κ3) is 4.04. The lowest BCUT2D eigenvalue weighted by atomic mass is 9.87. The molecule has 0 saturated carbocycles. The Bertz CT molecular complexity index is 1010. The fourth-order valence-corrected chi connectivity index (χ4v) is 2.99. The summed E-state index contributed by atoms with van der Waals surface area (Å²) in [4.78, 5) is 12.3. The Labute approximate surface area is 167 Å². The van der Waals surface area contributed by atoms with Crippen molar-refractivity contribution in [3.8, 4) is 17.6 Å². The molecule has 3 rings (SSSR count). The van der Waals surface area contributed by atoms with Crippen molar-refractivity contribution in [2.24, 2.45) is 5.73 Å². The van der Waals surface area contributed by atoms with Crippen molar-refractivity contribution in [2.75, 3.05) is 14.2 Å². The number of carbonyl (C=O) groups excluding carboxylic acids is 1. The molecule has 1 aromatic carbocycles. The molecule has 1 aliphatic heterocycles. The Morgan fingerprint density at radius 2 is 1.86 bits per heavy atom. The van der Waals surface area contributed by atoms with Crippen molar-refractivity contribution < 1.29 is 28.2 Å². The van der Waals surface area contributed by atoms with E-state index in [0.717, 1.165) is 5.75 Å². The summed E-state index contributed by atoms with van der Waals surface area (Å²) in [5, 5.41) is 9.53. The van der Waals surface area contributed by atoms with Gasteiger partial charge in [-0.2, -0.15) is 5.26 Å². The highest BCUT2D eigenvalue weighted by molar-refractivity contribution is 5.92. The Morgan fingerprint density at radius 1 is 1.17 bits per heavy atom. The van der Waals surface area contributed by atoms with Crippen LogP contribution in [0.4, 0.5) is 0 Å². The number of esters is 1. The summed E-state index contributed by atoms with van der Waals surface area (Å²) in [6, 6.07) is 12.5. The zero-order valence-corrected chi connectivity index (χ0v) is 16.2. The van der Waals surface area contributed by atoms with Crippen LogP contribution in [0.2, 0.25) is 0 Å². The number of carbonyl (C=O) groups is 1. The van der Waals surface area contributed by atoms with Gasteiger partial charge in [0.2, 0.25) is 5.88 Å². The second-order valence-corrected chi connectivity index (χ2v) is 6.15. The minimum absolute atomic E-state index is 0.0740. The topological polar surface area (TPSA) is 117 Å². The van der Waals surface area contributed by atoms with Crippen LogP contribution in [0.3, 0.4) is 0 Å². The molecular formula is C21H20N2O6. The van der Waals surface area contributed by atoms with Gasteiger partial charge in [0, 0.05) is 0 Å². The summed E-state index contributed by atoms with van der Waals surface area (Å²) < 4.78 is 26.9. The van der Waals surface area contributed by atoms with Gasteiger partial charge in [-0.1, -0.05) is 0 Å². The SMILES string of the molecule is COC(=O)C1=C(C)OC(N)=C(C#N)C1c1ccc(COc2ccc(OC)cc2)o1. The molecule has 2 heterocycles. The first-order chi connectivity index (χ1) is 14.0. The van der Waals surface area contributed by atoms with E-state index in [1.54, 1.807) is 50.4 Å². The lowest BCUT2D eigenvalue weighted by molar-refractivity contribution is -0.136. The van der Waals surface area contributed by atoms with Crippen molar-refractivity contribution in [3.05, 3.63) is 70.7 Å². The molecule has 1 atom stereocenters. The van der Waals surface area contributed by atoms with Gasteiger partial charge in [0.05, 0.1) is 25.7 Å². The van der Waals surface area contributed by atoms with E-state index in [1.807, 2.05) is 6.07 Å². The van der Waals surface area contributed by atoms with Crippen molar-refractivity contribution >= 4 is 5.97 Å². The molecule has 0 radical (unpaired) electrons. The molecule has 2 N–H and O–H groups in total. The normalized spacial score (nSPS) is 16.1. The van der Waals surface area contributed by atoms with Gasteiger partial charge in [0.25, 0.3) is 0 Å². The molecule has 0 spiro atoms. The molecule has 150 valence electrons. The van der Waals surface area contributed by atoms with Crippen LogP contribution in [-0.4, -0.2) is 20.2 Å². The van der Waals surface area contributed by atoms with Crippen LogP contribution in [-0.2, 0) is 20.9 Å². The first-order valence-electron chi connectivity index (χ1n) is 8.70. The number of benzene rings is 1. The summed E-state index contributed by atoms with van der Waals surface area (Å²) >= 11 is 0.